The predicted molar refractivity (Wildman–Crippen MR) is 61.9 cm³/mol. The van der Waals surface area contributed by atoms with Crippen LogP contribution in [-0.4, -0.2) is 5.48 Å². The van der Waals surface area contributed by atoms with E-state index in [1.807, 2.05) is 59.6 Å². The SMILES string of the molecule is C(=C[n+]1ccccc1)c1ccccc1.O.[Br-]. The van der Waals surface area contributed by atoms with Crippen LogP contribution in [0.15, 0.2) is 60.9 Å². The summed E-state index contributed by atoms with van der Waals surface area (Å²) in [5.74, 6) is 0. The second-order valence-electron chi connectivity index (χ2n) is 3.05. The topological polar surface area (TPSA) is 35.4 Å². The van der Waals surface area contributed by atoms with Gasteiger partial charge in [-0.05, 0) is 5.56 Å². The van der Waals surface area contributed by atoms with Crippen LogP contribution in [0.5, 0.6) is 0 Å². The fourth-order valence-electron chi connectivity index (χ4n) is 1.25. The zero-order valence-corrected chi connectivity index (χ0v) is 10.3. The summed E-state index contributed by atoms with van der Waals surface area (Å²) in [5, 5.41) is 0. The maximum Gasteiger partial charge on any atom is 0.175 e. The lowest BCUT2D eigenvalue weighted by molar-refractivity contribution is -0.567. The summed E-state index contributed by atoms with van der Waals surface area (Å²) in [5.41, 5.74) is 1.21. The first-order chi connectivity index (χ1) is 6.95. The van der Waals surface area contributed by atoms with Gasteiger partial charge in [0.2, 0.25) is 0 Å². The van der Waals surface area contributed by atoms with Gasteiger partial charge in [0.1, 0.15) is 0 Å². The third-order valence-corrected chi connectivity index (χ3v) is 1.98. The summed E-state index contributed by atoms with van der Waals surface area (Å²) in [6, 6.07) is 16.3. The number of rotatable bonds is 2. The Labute approximate surface area is 106 Å². The average molecular weight is 280 g/mol. The second-order valence-corrected chi connectivity index (χ2v) is 3.05. The van der Waals surface area contributed by atoms with Crippen LogP contribution in [0.4, 0.5) is 0 Å². The molecular weight excluding hydrogens is 266 g/mol. The monoisotopic (exact) mass is 279 g/mol. The minimum Gasteiger partial charge on any atom is -1.00 e. The van der Waals surface area contributed by atoms with Crippen molar-refractivity contribution in [2.75, 3.05) is 0 Å². The molecule has 1 heterocycles. The van der Waals surface area contributed by atoms with Gasteiger partial charge in [0.25, 0.3) is 0 Å². The molecule has 0 unspecified atom stereocenters. The first kappa shape index (κ1) is 14.6. The molecule has 2 aromatic rings. The van der Waals surface area contributed by atoms with Gasteiger partial charge in [-0.3, -0.25) is 0 Å². The molecule has 0 bridgehead atoms. The molecule has 0 aliphatic heterocycles. The molecule has 0 fully saturated rings. The van der Waals surface area contributed by atoms with E-state index in [9.17, 15) is 0 Å². The average Bonchev–Trinajstić information content (AvgIpc) is 2.29. The van der Waals surface area contributed by atoms with E-state index in [2.05, 4.69) is 18.2 Å². The van der Waals surface area contributed by atoms with Gasteiger partial charge < -0.3 is 22.5 Å². The van der Waals surface area contributed by atoms with Gasteiger partial charge in [0.05, 0.1) is 0 Å². The van der Waals surface area contributed by atoms with E-state index in [4.69, 9.17) is 0 Å². The Morgan fingerprint density at radius 2 is 1.38 bits per heavy atom. The summed E-state index contributed by atoms with van der Waals surface area (Å²) in [4.78, 5) is 0. The van der Waals surface area contributed by atoms with Gasteiger partial charge in [-0.25, -0.2) is 0 Å². The van der Waals surface area contributed by atoms with Crippen molar-refractivity contribution < 1.29 is 27.0 Å². The van der Waals surface area contributed by atoms with Gasteiger partial charge in [-0.15, -0.1) is 0 Å². The van der Waals surface area contributed by atoms with E-state index in [-0.39, 0.29) is 22.5 Å². The smallest absolute Gasteiger partial charge is 0.175 e. The molecule has 16 heavy (non-hydrogen) atoms. The van der Waals surface area contributed by atoms with Crippen LogP contribution in [0, 0.1) is 0 Å². The first-order valence-corrected chi connectivity index (χ1v) is 4.64. The zero-order chi connectivity index (χ0) is 9.64. The number of benzene rings is 1. The molecule has 0 aliphatic rings. The van der Waals surface area contributed by atoms with Crippen LogP contribution in [0.3, 0.4) is 0 Å². The Balaban J connectivity index is 0.00000112. The second kappa shape index (κ2) is 7.79. The molecule has 1 aromatic carbocycles. The third-order valence-electron chi connectivity index (χ3n) is 1.98. The van der Waals surface area contributed by atoms with Crippen molar-refractivity contribution in [3.63, 3.8) is 0 Å². The molecule has 0 amide bonds. The van der Waals surface area contributed by atoms with Gasteiger partial charge in [0.15, 0.2) is 18.6 Å². The molecule has 0 atom stereocenters. The molecule has 0 saturated carbocycles. The summed E-state index contributed by atoms with van der Waals surface area (Å²) in [6.45, 7) is 0. The maximum absolute atomic E-state index is 2.08. The van der Waals surface area contributed by atoms with E-state index >= 15 is 0 Å². The molecule has 0 aliphatic carbocycles. The molecule has 0 radical (unpaired) electrons. The largest absolute Gasteiger partial charge is 1.00 e. The van der Waals surface area contributed by atoms with Crippen LogP contribution in [-0.2, 0) is 0 Å². The first-order valence-electron chi connectivity index (χ1n) is 4.64. The minimum absolute atomic E-state index is 0. The lowest BCUT2D eigenvalue weighted by Crippen LogP contribution is -3.00. The van der Waals surface area contributed by atoms with Crippen LogP contribution >= 0.6 is 0 Å². The molecule has 3 heteroatoms. The molecule has 0 saturated heterocycles. The number of hydrogen-bond donors (Lipinski definition) is 0. The van der Waals surface area contributed by atoms with Gasteiger partial charge in [-0.1, -0.05) is 36.4 Å². The van der Waals surface area contributed by atoms with E-state index in [0.29, 0.717) is 0 Å². The van der Waals surface area contributed by atoms with Gasteiger partial charge in [-0.2, -0.15) is 4.57 Å². The third kappa shape index (κ3) is 4.38. The number of aromatic nitrogens is 1. The molecular formula is C13H14BrNO. The Hall–Kier alpha value is -1.45. The normalized spacial score (nSPS) is 9.25. The van der Waals surface area contributed by atoms with Crippen molar-refractivity contribution in [2.45, 2.75) is 0 Å². The highest BCUT2D eigenvalue weighted by Gasteiger charge is 1.89. The molecule has 2 rings (SSSR count). The highest BCUT2D eigenvalue weighted by atomic mass is 79.9. The molecule has 0 spiro atoms. The number of hydrogen-bond acceptors (Lipinski definition) is 0. The Morgan fingerprint density at radius 1 is 0.812 bits per heavy atom. The molecule has 84 valence electrons. The van der Waals surface area contributed by atoms with Crippen molar-refractivity contribution in [2.24, 2.45) is 0 Å². The standard InChI is InChI=1S/C13H12N.BrH.H2O/c1-3-7-13(8-4-1)9-12-14-10-5-2-6-11-14;;/h1-12H;1H;1H2/q+1;;/p-1. The maximum atomic E-state index is 2.08. The van der Waals surface area contributed by atoms with Gasteiger partial charge >= 0.3 is 0 Å². The lowest BCUT2D eigenvalue weighted by atomic mass is 10.2. The molecule has 2 N–H and O–H groups in total. The summed E-state index contributed by atoms with van der Waals surface area (Å²) < 4.78 is 2.02. The quantitative estimate of drug-likeness (QED) is 0.618. The number of pyridine rings is 1. The van der Waals surface area contributed by atoms with Crippen molar-refractivity contribution >= 4 is 12.3 Å². The van der Waals surface area contributed by atoms with E-state index in [1.165, 1.54) is 5.56 Å². The van der Waals surface area contributed by atoms with Crippen LogP contribution in [0.1, 0.15) is 5.56 Å². The number of nitrogens with zero attached hydrogens (tertiary/aromatic N) is 1. The fourth-order valence-corrected chi connectivity index (χ4v) is 1.25. The summed E-state index contributed by atoms with van der Waals surface area (Å²) >= 11 is 0. The van der Waals surface area contributed by atoms with Crippen LogP contribution in [0.25, 0.3) is 12.3 Å². The van der Waals surface area contributed by atoms with Crippen molar-refractivity contribution in [1.29, 1.82) is 0 Å². The van der Waals surface area contributed by atoms with E-state index < -0.39 is 0 Å². The van der Waals surface area contributed by atoms with Gasteiger partial charge in [0, 0.05) is 18.2 Å². The van der Waals surface area contributed by atoms with E-state index in [0.717, 1.165) is 0 Å². The van der Waals surface area contributed by atoms with Crippen molar-refractivity contribution in [3.8, 4) is 0 Å². The Kier molecular flexibility index (Phi) is 7.09. The number of halogens is 1. The van der Waals surface area contributed by atoms with Crippen molar-refractivity contribution in [1.82, 2.24) is 0 Å². The van der Waals surface area contributed by atoms with E-state index in [1.54, 1.807) is 0 Å². The zero-order valence-electron chi connectivity index (χ0n) is 8.75. The minimum atomic E-state index is 0. The fraction of sp³-hybridized carbons (Fsp3) is 0. The Morgan fingerprint density at radius 3 is 2.00 bits per heavy atom. The summed E-state index contributed by atoms with van der Waals surface area (Å²) in [6.07, 6.45) is 8.15. The lowest BCUT2D eigenvalue weighted by Gasteiger charge is -1.88. The Bertz CT molecular complexity index is 373. The molecule has 1 aromatic heterocycles. The van der Waals surface area contributed by atoms with Crippen LogP contribution < -0.4 is 21.5 Å². The molecule has 2 nitrogen and oxygen atoms in total. The highest BCUT2D eigenvalue weighted by Crippen LogP contribution is 1.99. The summed E-state index contributed by atoms with van der Waals surface area (Å²) in [7, 11) is 0. The van der Waals surface area contributed by atoms with Crippen molar-refractivity contribution in [3.05, 3.63) is 66.5 Å². The van der Waals surface area contributed by atoms with Crippen LogP contribution in [0.2, 0.25) is 0 Å². The predicted octanol–water partition coefficient (Wildman–Crippen LogP) is -1.22. The highest BCUT2D eigenvalue weighted by molar-refractivity contribution is 5.56.